The highest BCUT2D eigenvalue weighted by molar-refractivity contribution is 6.34. The van der Waals surface area contributed by atoms with E-state index in [-0.39, 0.29) is 11.8 Å². The summed E-state index contributed by atoms with van der Waals surface area (Å²) >= 11 is 0. The van der Waals surface area contributed by atoms with E-state index >= 15 is 0 Å². The fraction of sp³-hybridized carbons (Fsp3) is 0.391. The van der Waals surface area contributed by atoms with Crippen LogP contribution >= 0.6 is 0 Å². The molecule has 1 aliphatic rings. The molecule has 0 saturated carbocycles. The Morgan fingerprint density at radius 3 is 2.55 bits per heavy atom. The third-order valence-corrected chi connectivity index (χ3v) is 5.36. The molecule has 0 saturated heterocycles. The number of aliphatic hydroxyl groups excluding tert-OH is 1. The molecule has 3 rings (SSSR count). The van der Waals surface area contributed by atoms with Crippen molar-refractivity contribution in [1.82, 2.24) is 15.2 Å². The first-order valence-corrected chi connectivity index (χ1v) is 10.3. The Bertz CT molecular complexity index is 977. The number of benzene rings is 1. The number of aliphatic hydroxyl groups is 1. The number of anilines is 1. The molecule has 2 heterocycles. The lowest BCUT2D eigenvalue weighted by atomic mass is 10.0. The van der Waals surface area contributed by atoms with Crippen molar-refractivity contribution < 1.29 is 19.1 Å². The number of halogens is 1. The van der Waals surface area contributed by atoms with E-state index in [1.165, 1.54) is 12.1 Å². The molecule has 31 heavy (non-hydrogen) atoms. The maximum absolute atomic E-state index is 13.7. The summed E-state index contributed by atoms with van der Waals surface area (Å²) in [6, 6.07) is 4.20. The molecule has 168 valence electrons. The Hall–Kier alpha value is -2.97. The highest BCUT2D eigenvalue weighted by Gasteiger charge is 2.26. The Morgan fingerprint density at radius 2 is 1.90 bits per heavy atom. The Labute approximate surface area is 182 Å². The van der Waals surface area contributed by atoms with E-state index < -0.39 is 5.82 Å². The minimum absolute atomic E-state index is 0.143. The standard InChI is InChI=1S/C22H27FN4O2.CH4O/c1-5-27(6-2)10-9-24-22(29)20-13(3)19(25-14(20)4)12-17-16-11-15(23)7-8-18(16)26-21(17)28;1-2/h7-8,11-12,25H,5-6,9-10H2,1-4H3,(H,24,29)(H,26,28);2H,1H3/b17-12-;. The molecule has 0 atom stereocenters. The minimum atomic E-state index is -0.404. The van der Waals surface area contributed by atoms with Crippen LogP contribution in [0.4, 0.5) is 10.1 Å². The van der Waals surface area contributed by atoms with E-state index in [4.69, 9.17) is 5.11 Å². The molecule has 0 unspecified atom stereocenters. The molecule has 8 heteroatoms. The second kappa shape index (κ2) is 10.9. The number of aromatic amines is 1. The van der Waals surface area contributed by atoms with Crippen molar-refractivity contribution in [1.29, 1.82) is 0 Å². The molecule has 1 aromatic heterocycles. The molecular weight excluding hydrogens is 399 g/mol. The van der Waals surface area contributed by atoms with Crippen LogP contribution < -0.4 is 10.6 Å². The molecule has 1 aliphatic heterocycles. The fourth-order valence-corrected chi connectivity index (χ4v) is 3.66. The van der Waals surface area contributed by atoms with Gasteiger partial charge in [-0.1, -0.05) is 13.8 Å². The number of nitrogens with zero attached hydrogens (tertiary/aromatic N) is 1. The summed E-state index contributed by atoms with van der Waals surface area (Å²) in [6.45, 7) is 11.1. The number of rotatable bonds is 7. The van der Waals surface area contributed by atoms with Gasteiger partial charge in [-0.25, -0.2) is 4.39 Å². The molecule has 4 N–H and O–H groups in total. The van der Waals surface area contributed by atoms with Crippen molar-refractivity contribution in [2.45, 2.75) is 27.7 Å². The van der Waals surface area contributed by atoms with Crippen LogP contribution in [-0.2, 0) is 4.79 Å². The van der Waals surface area contributed by atoms with E-state index in [2.05, 4.69) is 34.4 Å². The van der Waals surface area contributed by atoms with Gasteiger partial charge in [0.1, 0.15) is 5.82 Å². The average Bonchev–Trinajstić information content (AvgIpc) is 3.22. The highest BCUT2D eigenvalue weighted by Crippen LogP contribution is 2.34. The lowest BCUT2D eigenvalue weighted by molar-refractivity contribution is -0.110. The van der Waals surface area contributed by atoms with Crippen LogP contribution in [0.15, 0.2) is 18.2 Å². The molecule has 2 aromatic rings. The molecule has 0 bridgehead atoms. The van der Waals surface area contributed by atoms with Crippen LogP contribution in [0.1, 0.15) is 46.7 Å². The smallest absolute Gasteiger partial charge is 0.256 e. The van der Waals surface area contributed by atoms with Gasteiger partial charge in [0.05, 0.1) is 11.1 Å². The van der Waals surface area contributed by atoms with Crippen LogP contribution in [0.3, 0.4) is 0 Å². The molecule has 0 radical (unpaired) electrons. The summed E-state index contributed by atoms with van der Waals surface area (Å²) in [4.78, 5) is 30.5. The highest BCUT2D eigenvalue weighted by atomic mass is 19.1. The van der Waals surface area contributed by atoms with Crippen molar-refractivity contribution in [3.63, 3.8) is 0 Å². The number of fused-ring (bicyclic) bond motifs is 1. The van der Waals surface area contributed by atoms with Crippen LogP contribution in [-0.4, -0.2) is 60.1 Å². The first-order chi connectivity index (χ1) is 14.8. The SMILES string of the molecule is CCN(CC)CCNC(=O)c1c(C)[nH]c(/C=C2\C(=O)Nc3ccc(F)cc32)c1C.CO. The second-order valence-corrected chi connectivity index (χ2v) is 7.15. The molecule has 7 nitrogen and oxygen atoms in total. The number of carbonyl (C=O) groups is 2. The molecular formula is C23H31FN4O3. The third kappa shape index (κ3) is 5.39. The number of hydrogen-bond donors (Lipinski definition) is 4. The summed E-state index contributed by atoms with van der Waals surface area (Å²) in [5.74, 6) is -0.836. The van der Waals surface area contributed by atoms with Crippen LogP contribution in [0, 0.1) is 19.7 Å². The number of H-pyrrole nitrogens is 1. The minimum Gasteiger partial charge on any atom is -0.400 e. The third-order valence-electron chi connectivity index (χ3n) is 5.36. The van der Waals surface area contributed by atoms with Gasteiger partial charge in [0.25, 0.3) is 11.8 Å². The molecule has 0 fully saturated rings. The molecule has 0 aliphatic carbocycles. The number of likely N-dealkylation sites (N-methyl/N-ethyl adjacent to an activating group) is 1. The monoisotopic (exact) mass is 430 g/mol. The number of aryl methyl sites for hydroxylation is 1. The lowest BCUT2D eigenvalue weighted by Crippen LogP contribution is -2.35. The fourth-order valence-electron chi connectivity index (χ4n) is 3.66. The predicted octanol–water partition coefficient (Wildman–Crippen LogP) is 2.94. The van der Waals surface area contributed by atoms with Gasteiger partial charge in [0.2, 0.25) is 0 Å². The van der Waals surface area contributed by atoms with Crippen molar-refractivity contribution in [3.8, 4) is 0 Å². The first kappa shape index (κ1) is 24.3. The van der Waals surface area contributed by atoms with Crippen molar-refractivity contribution in [2.75, 3.05) is 38.6 Å². The zero-order valence-corrected chi connectivity index (χ0v) is 18.7. The second-order valence-electron chi connectivity index (χ2n) is 7.15. The zero-order valence-electron chi connectivity index (χ0n) is 18.7. The van der Waals surface area contributed by atoms with E-state index in [9.17, 15) is 14.0 Å². The number of amides is 2. The number of nitrogens with one attached hydrogen (secondary N) is 3. The number of carbonyl (C=O) groups excluding carboxylic acids is 2. The topological polar surface area (TPSA) is 97.5 Å². The molecule has 1 aromatic carbocycles. The van der Waals surface area contributed by atoms with Gasteiger partial charge in [-0.3, -0.25) is 9.59 Å². The van der Waals surface area contributed by atoms with E-state index in [1.54, 1.807) is 12.1 Å². The van der Waals surface area contributed by atoms with Gasteiger partial charge in [0.15, 0.2) is 0 Å². The summed E-state index contributed by atoms with van der Waals surface area (Å²) in [7, 11) is 1.00. The largest absolute Gasteiger partial charge is 0.400 e. The maximum atomic E-state index is 13.7. The van der Waals surface area contributed by atoms with Gasteiger partial charge in [-0.05, 0) is 56.8 Å². The molecule has 2 amide bonds. The van der Waals surface area contributed by atoms with Gasteiger partial charge in [0, 0.05) is 42.8 Å². The van der Waals surface area contributed by atoms with E-state index in [1.807, 2.05) is 13.8 Å². The van der Waals surface area contributed by atoms with Gasteiger partial charge in [-0.15, -0.1) is 0 Å². The predicted molar refractivity (Wildman–Crippen MR) is 121 cm³/mol. The van der Waals surface area contributed by atoms with Crippen molar-refractivity contribution in [2.24, 2.45) is 0 Å². The lowest BCUT2D eigenvalue weighted by Gasteiger charge is -2.18. The Kier molecular flexibility index (Phi) is 8.53. The van der Waals surface area contributed by atoms with Gasteiger partial charge < -0.3 is 25.6 Å². The maximum Gasteiger partial charge on any atom is 0.256 e. The average molecular weight is 431 g/mol. The van der Waals surface area contributed by atoms with Crippen LogP contribution in [0.5, 0.6) is 0 Å². The van der Waals surface area contributed by atoms with Crippen LogP contribution in [0.2, 0.25) is 0 Å². The number of aromatic nitrogens is 1. The zero-order chi connectivity index (χ0) is 23.1. The Balaban J connectivity index is 0.00000166. The first-order valence-electron chi connectivity index (χ1n) is 10.3. The van der Waals surface area contributed by atoms with E-state index in [0.29, 0.717) is 34.6 Å². The van der Waals surface area contributed by atoms with E-state index in [0.717, 1.165) is 38.0 Å². The normalized spacial score (nSPS) is 13.7. The number of hydrogen-bond acceptors (Lipinski definition) is 4. The summed E-state index contributed by atoms with van der Waals surface area (Å²) in [5, 5.41) is 12.7. The summed E-state index contributed by atoms with van der Waals surface area (Å²) < 4.78 is 13.7. The summed E-state index contributed by atoms with van der Waals surface area (Å²) in [5.41, 5.74) is 4.20. The van der Waals surface area contributed by atoms with Crippen molar-refractivity contribution >= 4 is 29.2 Å². The van der Waals surface area contributed by atoms with Crippen molar-refractivity contribution in [3.05, 3.63) is 52.1 Å². The Morgan fingerprint density at radius 1 is 1.23 bits per heavy atom. The van der Waals surface area contributed by atoms with Gasteiger partial charge >= 0.3 is 0 Å². The quantitative estimate of drug-likeness (QED) is 0.508. The molecule has 0 spiro atoms. The van der Waals surface area contributed by atoms with Gasteiger partial charge in [-0.2, -0.15) is 0 Å². The van der Waals surface area contributed by atoms with Crippen LogP contribution in [0.25, 0.3) is 11.6 Å². The summed E-state index contributed by atoms with van der Waals surface area (Å²) in [6.07, 6.45) is 1.68.